The quantitative estimate of drug-likeness (QED) is 0.704. The highest BCUT2D eigenvalue weighted by molar-refractivity contribution is 6.03. The van der Waals surface area contributed by atoms with Crippen molar-refractivity contribution in [3.63, 3.8) is 0 Å². The largest absolute Gasteiger partial charge is 0.326 e. The van der Waals surface area contributed by atoms with E-state index in [0.717, 1.165) is 27.9 Å². The van der Waals surface area contributed by atoms with Gasteiger partial charge in [0.05, 0.1) is 5.69 Å². The van der Waals surface area contributed by atoms with Crippen LogP contribution in [0.15, 0.2) is 72.8 Å². The van der Waals surface area contributed by atoms with E-state index in [2.05, 4.69) is 10.6 Å². The normalized spacial score (nSPS) is 10.2. The molecule has 4 heteroatoms. The smallest absolute Gasteiger partial charge is 0.221 e. The second-order valence-electron chi connectivity index (χ2n) is 6.04. The summed E-state index contributed by atoms with van der Waals surface area (Å²) in [6.07, 6.45) is 0. The van der Waals surface area contributed by atoms with Gasteiger partial charge < -0.3 is 10.6 Å². The predicted molar refractivity (Wildman–Crippen MR) is 106 cm³/mol. The molecular weight excluding hydrogens is 324 g/mol. The zero-order valence-corrected chi connectivity index (χ0v) is 14.7. The number of carbonyl (C=O) groups is 2. The SMILES string of the molecule is CC(=O)Nc1cc(-c2ccccc2)c(NC(C)=O)c(-c2ccccc2)c1. The number of amides is 2. The Balaban J connectivity index is 2.29. The Bertz CT molecular complexity index is 874. The van der Waals surface area contributed by atoms with Crippen LogP contribution in [0.3, 0.4) is 0 Å². The molecule has 0 aliphatic rings. The molecule has 0 aromatic heterocycles. The molecule has 0 spiro atoms. The molecule has 0 aliphatic carbocycles. The molecule has 0 unspecified atom stereocenters. The first kappa shape index (κ1) is 17.4. The maximum absolute atomic E-state index is 11.9. The maximum Gasteiger partial charge on any atom is 0.221 e. The molecule has 0 atom stereocenters. The summed E-state index contributed by atoms with van der Waals surface area (Å²) < 4.78 is 0. The number of anilines is 2. The van der Waals surface area contributed by atoms with Gasteiger partial charge in [0.15, 0.2) is 0 Å². The minimum atomic E-state index is -0.147. The predicted octanol–water partition coefficient (Wildman–Crippen LogP) is 4.94. The van der Waals surface area contributed by atoms with Crippen LogP contribution in [0.1, 0.15) is 13.8 Å². The van der Waals surface area contributed by atoms with Gasteiger partial charge in [-0.25, -0.2) is 0 Å². The van der Waals surface area contributed by atoms with E-state index in [0.29, 0.717) is 5.69 Å². The van der Waals surface area contributed by atoms with Gasteiger partial charge >= 0.3 is 0 Å². The number of rotatable bonds is 4. The van der Waals surface area contributed by atoms with Crippen LogP contribution < -0.4 is 10.6 Å². The van der Waals surface area contributed by atoms with Crippen molar-refractivity contribution in [2.24, 2.45) is 0 Å². The van der Waals surface area contributed by atoms with Crippen LogP contribution >= 0.6 is 0 Å². The first-order chi connectivity index (χ1) is 12.5. The van der Waals surface area contributed by atoms with Crippen LogP contribution in [0, 0.1) is 0 Å². The molecule has 4 nitrogen and oxygen atoms in total. The maximum atomic E-state index is 11.9. The van der Waals surface area contributed by atoms with E-state index in [-0.39, 0.29) is 11.8 Å². The van der Waals surface area contributed by atoms with E-state index in [9.17, 15) is 9.59 Å². The number of hydrogen-bond donors (Lipinski definition) is 2. The lowest BCUT2D eigenvalue weighted by molar-refractivity contribution is -0.115. The van der Waals surface area contributed by atoms with Gasteiger partial charge in [-0.15, -0.1) is 0 Å². The highest BCUT2D eigenvalue weighted by Crippen LogP contribution is 2.39. The lowest BCUT2D eigenvalue weighted by atomic mass is 9.94. The Kier molecular flexibility index (Phi) is 5.13. The molecule has 0 radical (unpaired) electrons. The van der Waals surface area contributed by atoms with E-state index in [1.54, 1.807) is 0 Å². The molecule has 3 aromatic carbocycles. The summed E-state index contributed by atoms with van der Waals surface area (Å²) in [7, 11) is 0. The molecule has 0 saturated carbocycles. The first-order valence-electron chi connectivity index (χ1n) is 8.38. The van der Waals surface area contributed by atoms with Gasteiger partial charge in [0.2, 0.25) is 11.8 Å². The molecule has 26 heavy (non-hydrogen) atoms. The van der Waals surface area contributed by atoms with Crippen LogP contribution in [0.4, 0.5) is 11.4 Å². The van der Waals surface area contributed by atoms with Crippen LogP contribution in [0.25, 0.3) is 22.3 Å². The Morgan fingerprint density at radius 1 is 0.654 bits per heavy atom. The zero-order valence-electron chi connectivity index (χ0n) is 14.7. The lowest BCUT2D eigenvalue weighted by Gasteiger charge is -2.18. The van der Waals surface area contributed by atoms with E-state index in [1.807, 2.05) is 72.8 Å². The summed E-state index contributed by atoms with van der Waals surface area (Å²) in [6, 6.07) is 23.3. The van der Waals surface area contributed by atoms with Crippen LogP contribution in [-0.4, -0.2) is 11.8 Å². The highest BCUT2D eigenvalue weighted by atomic mass is 16.2. The first-order valence-corrected chi connectivity index (χ1v) is 8.38. The summed E-state index contributed by atoms with van der Waals surface area (Å²) >= 11 is 0. The third kappa shape index (κ3) is 3.98. The van der Waals surface area contributed by atoms with Gasteiger partial charge in [0, 0.05) is 30.7 Å². The number of carbonyl (C=O) groups excluding carboxylic acids is 2. The average molecular weight is 344 g/mol. The van der Waals surface area contributed by atoms with E-state index < -0.39 is 0 Å². The lowest BCUT2D eigenvalue weighted by Crippen LogP contribution is -2.11. The summed E-state index contributed by atoms with van der Waals surface area (Å²) in [4.78, 5) is 23.5. The van der Waals surface area contributed by atoms with Crippen molar-refractivity contribution < 1.29 is 9.59 Å². The standard InChI is InChI=1S/C22H20N2O2/c1-15(25)23-19-13-20(17-9-5-3-6-10-17)22(24-16(2)26)21(14-19)18-11-7-4-8-12-18/h3-14H,1-2H3,(H,23,25)(H,24,26). The Hall–Kier alpha value is -3.40. The van der Waals surface area contributed by atoms with Gasteiger partial charge in [-0.2, -0.15) is 0 Å². The molecule has 0 heterocycles. The number of hydrogen-bond acceptors (Lipinski definition) is 2. The van der Waals surface area contributed by atoms with Crippen LogP contribution in [-0.2, 0) is 9.59 Å². The third-order valence-electron chi connectivity index (χ3n) is 3.93. The van der Waals surface area contributed by atoms with Crippen molar-refractivity contribution in [1.82, 2.24) is 0 Å². The minimum Gasteiger partial charge on any atom is -0.326 e. The summed E-state index contributed by atoms with van der Waals surface area (Å²) in [5.41, 5.74) is 5.03. The molecule has 3 rings (SSSR count). The molecule has 2 N–H and O–H groups in total. The van der Waals surface area contributed by atoms with Crippen LogP contribution in [0.5, 0.6) is 0 Å². The monoisotopic (exact) mass is 344 g/mol. The van der Waals surface area contributed by atoms with Gasteiger partial charge in [0.1, 0.15) is 0 Å². The van der Waals surface area contributed by atoms with Gasteiger partial charge in [-0.3, -0.25) is 9.59 Å². The molecule has 0 bridgehead atoms. The fourth-order valence-electron chi connectivity index (χ4n) is 2.92. The molecular formula is C22H20N2O2. The van der Waals surface area contributed by atoms with Crippen molar-refractivity contribution >= 4 is 23.2 Å². The van der Waals surface area contributed by atoms with Gasteiger partial charge in [-0.1, -0.05) is 60.7 Å². The van der Waals surface area contributed by atoms with Crippen molar-refractivity contribution in [1.29, 1.82) is 0 Å². The Labute approximate surface area is 152 Å². The summed E-state index contributed by atoms with van der Waals surface area (Å²) in [5.74, 6) is -0.290. The molecule has 0 fully saturated rings. The van der Waals surface area contributed by atoms with Crippen molar-refractivity contribution in [3.8, 4) is 22.3 Å². The number of nitrogens with one attached hydrogen (secondary N) is 2. The summed E-state index contributed by atoms with van der Waals surface area (Å²) in [6.45, 7) is 2.97. The molecule has 130 valence electrons. The van der Waals surface area contributed by atoms with E-state index >= 15 is 0 Å². The molecule has 0 aliphatic heterocycles. The second-order valence-corrected chi connectivity index (χ2v) is 6.04. The second kappa shape index (κ2) is 7.66. The zero-order chi connectivity index (χ0) is 18.5. The fraction of sp³-hybridized carbons (Fsp3) is 0.0909. The topological polar surface area (TPSA) is 58.2 Å². The van der Waals surface area contributed by atoms with Crippen molar-refractivity contribution in [3.05, 3.63) is 72.8 Å². The fourth-order valence-corrected chi connectivity index (χ4v) is 2.92. The summed E-state index contributed by atoms with van der Waals surface area (Å²) in [5, 5.41) is 5.82. The van der Waals surface area contributed by atoms with E-state index in [1.165, 1.54) is 13.8 Å². The van der Waals surface area contributed by atoms with Gasteiger partial charge in [-0.05, 0) is 23.3 Å². The van der Waals surface area contributed by atoms with Crippen molar-refractivity contribution in [2.75, 3.05) is 10.6 Å². The molecule has 0 saturated heterocycles. The van der Waals surface area contributed by atoms with E-state index in [4.69, 9.17) is 0 Å². The minimum absolute atomic E-state index is 0.143. The number of benzene rings is 3. The average Bonchev–Trinajstić information content (AvgIpc) is 2.63. The molecule has 3 aromatic rings. The Morgan fingerprint density at radius 2 is 1.08 bits per heavy atom. The third-order valence-corrected chi connectivity index (χ3v) is 3.93. The Morgan fingerprint density at radius 3 is 1.46 bits per heavy atom. The van der Waals surface area contributed by atoms with Crippen molar-refractivity contribution in [2.45, 2.75) is 13.8 Å². The highest BCUT2D eigenvalue weighted by Gasteiger charge is 2.15. The van der Waals surface area contributed by atoms with Crippen LogP contribution in [0.2, 0.25) is 0 Å². The molecule has 2 amide bonds. The van der Waals surface area contributed by atoms with Gasteiger partial charge in [0.25, 0.3) is 0 Å².